The van der Waals surface area contributed by atoms with Crippen molar-refractivity contribution in [3.8, 4) is 11.5 Å². The molecule has 6 nitrogen and oxygen atoms in total. The van der Waals surface area contributed by atoms with Crippen LogP contribution in [0.4, 0.5) is 5.69 Å². The minimum atomic E-state index is -0.484. The summed E-state index contributed by atoms with van der Waals surface area (Å²) in [5.41, 5.74) is 2.56. The van der Waals surface area contributed by atoms with Gasteiger partial charge in [-0.05, 0) is 47.9 Å². The predicted molar refractivity (Wildman–Crippen MR) is 113 cm³/mol. The Kier molecular flexibility index (Phi) is 5.25. The standard InChI is InChI=1S/C23H16ClNO5/c1-14-8-19(29-13-16-5-2-6-17(24)9-16)12-20-22(14)23(26)21(30-20)11-15-4-3-7-18(10-15)25(27)28/h2-12H,13H2,1H3/b21-11-. The van der Waals surface area contributed by atoms with E-state index in [4.69, 9.17) is 21.1 Å². The first-order chi connectivity index (χ1) is 14.4. The highest BCUT2D eigenvalue weighted by Gasteiger charge is 2.30. The van der Waals surface area contributed by atoms with Crippen LogP contribution in [-0.2, 0) is 6.61 Å². The van der Waals surface area contributed by atoms with Gasteiger partial charge in [0.05, 0.1) is 10.5 Å². The van der Waals surface area contributed by atoms with Crippen molar-refractivity contribution in [3.05, 3.63) is 104 Å². The molecule has 0 aliphatic carbocycles. The average Bonchev–Trinajstić information content (AvgIpc) is 3.02. The molecule has 150 valence electrons. The van der Waals surface area contributed by atoms with Crippen molar-refractivity contribution < 1.29 is 19.2 Å². The zero-order chi connectivity index (χ0) is 21.3. The van der Waals surface area contributed by atoms with Crippen LogP contribution in [0.3, 0.4) is 0 Å². The van der Waals surface area contributed by atoms with Crippen molar-refractivity contribution in [1.82, 2.24) is 0 Å². The molecule has 1 aliphatic heterocycles. The van der Waals surface area contributed by atoms with Gasteiger partial charge in [0, 0.05) is 23.2 Å². The summed E-state index contributed by atoms with van der Waals surface area (Å²) in [6, 6.07) is 16.8. The SMILES string of the molecule is Cc1cc(OCc2cccc(Cl)c2)cc2c1C(=O)/C(=C/c1cccc([N+](=O)[O-])c1)O2. The molecular formula is C23H16ClNO5. The fourth-order valence-corrected chi connectivity index (χ4v) is 3.45. The van der Waals surface area contributed by atoms with E-state index in [2.05, 4.69) is 0 Å². The van der Waals surface area contributed by atoms with Gasteiger partial charge in [0.2, 0.25) is 5.78 Å². The fraction of sp³-hybridized carbons (Fsp3) is 0.0870. The number of nitrogens with zero attached hydrogens (tertiary/aromatic N) is 1. The number of halogens is 1. The number of non-ortho nitro benzene ring substituents is 1. The van der Waals surface area contributed by atoms with Crippen LogP contribution in [0.15, 0.2) is 66.4 Å². The zero-order valence-electron chi connectivity index (χ0n) is 15.9. The number of allylic oxidation sites excluding steroid dienone is 1. The van der Waals surface area contributed by atoms with E-state index < -0.39 is 4.92 Å². The van der Waals surface area contributed by atoms with Crippen LogP contribution in [0.25, 0.3) is 6.08 Å². The van der Waals surface area contributed by atoms with Crippen molar-refractivity contribution >= 4 is 29.1 Å². The minimum Gasteiger partial charge on any atom is -0.489 e. The smallest absolute Gasteiger partial charge is 0.270 e. The summed E-state index contributed by atoms with van der Waals surface area (Å²) in [4.78, 5) is 23.3. The molecule has 7 heteroatoms. The van der Waals surface area contributed by atoms with Crippen LogP contribution < -0.4 is 9.47 Å². The summed E-state index contributed by atoms with van der Waals surface area (Å²) in [6.07, 6.45) is 1.50. The lowest BCUT2D eigenvalue weighted by molar-refractivity contribution is -0.384. The first-order valence-electron chi connectivity index (χ1n) is 9.11. The molecule has 0 spiro atoms. The summed E-state index contributed by atoms with van der Waals surface area (Å²) in [7, 11) is 0. The largest absolute Gasteiger partial charge is 0.489 e. The number of hydrogen-bond donors (Lipinski definition) is 0. The van der Waals surface area contributed by atoms with E-state index in [1.54, 1.807) is 30.3 Å². The Morgan fingerprint density at radius 2 is 1.93 bits per heavy atom. The molecule has 3 aromatic rings. The molecule has 0 bridgehead atoms. The van der Waals surface area contributed by atoms with Crippen molar-refractivity contribution in [3.63, 3.8) is 0 Å². The Balaban J connectivity index is 1.57. The monoisotopic (exact) mass is 421 g/mol. The number of nitro groups is 1. The summed E-state index contributed by atoms with van der Waals surface area (Å²) in [6.45, 7) is 2.13. The van der Waals surface area contributed by atoms with Crippen LogP contribution in [0.2, 0.25) is 5.02 Å². The molecule has 0 saturated heterocycles. The maximum absolute atomic E-state index is 12.8. The maximum Gasteiger partial charge on any atom is 0.270 e. The lowest BCUT2D eigenvalue weighted by Crippen LogP contribution is -2.00. The Labute approximate surface area is 177 Å². The average molecular weight is 422 g/mol. The highest BCUT2D eigenvalue weighted by atomic mass is 35.5. The van der Waals surface area contributed by atoms with Crippen molar-refractivity contribution in [1.29, 1.82) is 0 Å². The molecule has 3 aromatic carbocycles. The number of hydrogen-bond acceptors (Lipinski definition) is 5. The lowest BCUT2D eigenvalue weighted by atomic mass is 10.0. The summed E-state index contributed by atoms with van der Waals surface area (Å²) in [5, 5.41) is 11.6. The predicted octanol–water partition coefficient (Wildman–Crippen LogP) is 5.75. The van der Waals surface area contributed by atoms with Crippen molar-refractivity contribution in [2.24, 2.45) is 0 Å². The third kappa shape index (κ3) is 4.04. The number of rotatable bonds is 5. The fourth-order valence-electron chi connectivity index (χ4n) is 3.23. The van der Waals surface area contributed by atoms with Gasteiger partial charge in [0.1, 0.15) is 18.1 Å². The molecule has 0 amide bonds. The first-order valence-corrected chi connectivity index (χ1v) is 9.49. The Bertz CT molecular complexity index is 1200. The molecule has 30 heavy (non-hydrogen) atoms. The summed E-state index contributed by atoms with van der Waals surface area (Å²) < 4.78 is 11.6. The Hall–Kier alpha value is -3.64. The summed E-state index contributed by atoms with van der Waals surface area (Å²) >= 11 is 6.00. The molecule has 0 radical (unpaired) electrons. The van der Waals surface area contributed by atoms with Gasteiger partial charge in [-0.2, -0.15) is 0 Å². The van der Waals surface area contributed by atoms with Crippen LogP contribution in [0, 0.1) is 17.0 Å². The van der Waals surface area contributed by atoms with E-state index in [1.807, 2.05) is 25.1 Å². The van der Waals surface area contributed by atoms with Crippen LogP contribution in [0.1, 0.15) is 27.0 Å². The van der Waals surface area contributed by atoms with Gasteiger partial charge >= 0.3 is 0 Å². The number of ketones is 1. The lowest BCUT2D eigenvalue weighted by Gasteiger charge is -2.09. The van der Waals surface area contributed by atoms with Crippen LogP contribution in [-0.4, -0.2) is 10.7 Å². The van der Waals surface area contributed by atoms with Gasteiger partial charge in [-0.3, -0.25) is 14.9 Å². The van der Waals surface area contributed by atoms with Gasteiger partial charge in [0.25, 0.3) is 5.69 Å². The molecular weight excluding hydrogens is 406 g/mol. The van der Waals surface area contributed by atoms with Crippen LogP contribution in [0.5, 0.6) is 11.5 Å². The number of fused-ring (bicyclic) bond motifs is 1. The number of Topliss-reactive ketones (excluding diaryl/α,β-unsaturated/α-hetero) is 1. The van der Waals surface area contributed by atoms with Gasteiger partial charge < -0.3 is 9.47 Å². The number of aryl methyl sites for hydroxylation is 1. The second-order valence-electron chi connectivity index (χ2n) is 6.82. The molecule has 0 aromatic heterocycles. The molecule has 1 aliphatic rings. The number of benzene rings is 3. The van der Waals surface area contributed by atoms with Crippen molar-refractivity contribution in [2.75, 3.05) is 0 Å². The second-order valence-corrected chi connectivity index (χ2v) is 7.26. The highest BCUT2D eigenvalue weighted by Crippen LogP contribution is 2.38. The topological polar surface area (TPSA) is 78.7 Å². The van der Waals surface area contributed by atoms with Crippen LogP contribution >= 0.6 is 11.6 Å². The van der Waals surface area contributed by atoms with E-state index in [1.165, 1.54) is 18.2 Å². The van der Waals surface area contributed by atoms with E-state index in [-0.39, 0.29) is 17.2 Å². The molecule has 4 rings (SSSR count). The van der Waals surface area contributed by atoms with Gasteiger partial charge in [-0.25, -0.2) is 0 Å². The molecule has 1 heterocycles. The van der Waals surface area contributed by atoms with Gasteiger partial charge in [-0.15, -0.1) is 0 Å². The minimum absolute atomic E-state index is 0.0554. The Morgan fingerprint density at radius 1 is 1.13 bits per heavy atom. The maximum atomic E-state index is 12.8. The van der Waals surface area contributed by atoms with Crippen molar-refractivity contribution in [2.45, 2.75) is 13.5 Å². The summed E-state index contributed by atoms with van der Waals surface area (Å²) in [5.74, 6) is 0.810. The third-order valence-corrected chi connectivity index (χ3v) is 4.85. The molecule has 0 saturated carbocycles. The van der Waals surface area contributed by atoms with Gasteiger partial charge in [-0.1, -0.05) is 35.9 Å². The van der Waals surface area contributed by atoms with E-state index in [0.717, 1.165) is 11.1 Å². The highest BCUT2D eigenvalue weighted by molar-refractivity contribution is 6.30. The molecule has 0 unspecified atom stereocenters. The molecule has 0 N–H and O–H groups in total. The van der Waals surface area contributed by atoms with E-state index in [9.17, 15) is 14.9 Å². The van der Waals surface area contributed by atoms with E-state index >= 15 is 0 Å². The Morgan fingerprint density at radius 3 is 2.70 bits per heavy atom. The number of ether oxygens (including phenoxy) is 2. The van der Waals surface area contributed by atoms with Gasteiger partial charge in [0.15, 0.2) is 5.76 Å². The normalized spacial score (nSPS) is 13.8. The number of nitro benzene ring substituents is 1. The van der Waals surface area contributed by atoms with E-state index in [0.29, 0.717) is 34.3 Å². The number of carbonyl (C=O) groups excluding carboxylic acids is 1. The second kappa shape index (κ2) is 8.00. The zero-order valence-corrected chi connectivity index (χ0v) is 16.7. The third-order valence-electron chi connectivity index (χ3n) is 4.62. The first kappa shape index (κ1) is 19.7. The molecule has 0 fully saturated rings. The molecule has 0 atom stereocenters. The quantitative estimate of drug-likeness (QED) is 0.297. The number of carbonyl (C=O) groups is 1.